The number of furan rings is 1. The van der Waals surface area contributed by atoms with E-state index in [1.54, 1.807) is 18.2 Å². The summed E-state index contributed by atoms with van der Waals surface area (Å²) in [5.74, 6) is 0. The summed E-state index contributed by atoms with van der Waals surface area (Å²) in [5.41, 5.74) is 9.75. The van der Waals surface area contributed by atoms with Gasteiger partial charge in [-0.15, -0.1) is 54.1 Å². The fourth-order valence-electron chi connectivity index (χ4n) is 4.67. The van der Waals surface area contributed by atoms with Crippen LogP contribution in [-0.2, 0) is 26.5 Å². The summed E-state index contributed by atoms with van der Waals surface area (Å²) < 4.78 is 27.8. The van der Waals surface area contributed by atoms with Crippen LogP contribution in [0.15, 0.2) is 114 Å². The maximum atomic E-state index is 7.23. The minimum atomic E-state index is -2.09. The normalized spacial score (nSPS) is 12.0. The molecule has 0 bridgehead atoms. The molecule has 4 heterocycles. The molecule has 0 unspecified atom stereocenters. The van der Waals surface area contributed by atoms with Crippen LogP contribution in [0.5, 0.6) is 0 Å². The van der Waals surface area contributed by atoms with Crippen molar-refractivity contribution in [1.29, 1.82) is 0 Å². The van der Waals surface area contributed by atoms with E-state index in [1.165, 1.54) is 22.9 Å². The predicted octanol–water partition coefficient (Wildman–Crippen LogP) is 8.91. The van der Waals surface area contributed by atoms with Crippen molar-refractivity contribution >= 4 is 22.1 Å². The molecule has 0 aliphatic rings. The molecule has 0 atom stereocenters. The van der Waals surface area contributed by atoms with Gasteiger partial charge in [-0.2, -0.15) is 0 Å². The third kappa shape index (κ3) is 6.54. The zero-order valence-electron chi connectivity index (χ0n) is 26.2. The van der Waals surface area contributed by atoms with Gasteiger partial charge in [-0.3, -0.25) is 0 Å². The molecule has 7 rings (SSSR count). The largest absolute Gasteiger partial charge is 0.486 e. The minimum Gasteiger partial charge on any atom is -0.486 e. The Bertz CT molecular complexity index is 2040. The van der Waals surface area contributed by atoms with E-state index < -0.39 is 6.85 Å². The first-order valence-corrected chi connectivity index (χ1v) is 13.4. The van der Waals surface area contributed by atoms with Crippen LogP contribution < -0.4 is 0 Å². The second kappa shape index (κ2) is 13.0. The van der Waals surface area contributed by atoms with Crippen LogP contribution in [0.1, 0.15) is 32.1 Å². The number of aromatic nitrogens is 3. The third-order valence-electron chi connectivity index (χ3n) is 6.80. The zero-order valence-corrected chi connectivity index (χ0v) is 25.6. The van der Waals surface area contributed by atoms with Crippen LogP contribution in [0, 0.1) is 32.8 Å². The monoisotopic (exact) mass is 727 g/mol. The van der Waals surface area contributed by atoms with Crippen LogP contribution in [0.2, 0.25) is 0 Å². The molecule has 0 fully saturated rings. The predicted molar refractivity (Wildman–Crippen MR) is 166 cm³/mol. The molecular formula is C37H29IrN3O-2. The van der Waals surface area contributed by atoms with Gasteiger partial charge in [0.05, 0.1) is 5.58 Å². The zero-order chi connectivity index (χ0) is 30.7. The van der Waals surface area contributed by atoms with Gasteiger partial charge in [-0.25, -0.2) is 4.98 Å². The Morgan fingerprint density at radius 1 is 0.762 bits per heavy atom. The summed E-state index contributed by atoms with van der Waals surface area (Å²) in [4.78, 5) is 13.2. The first-order valence-electron chi connectivity index (χ1n) is 14.9. The van der Waals surface area contributed by atoms with Gasteiger partial charge in [-0.05, 0) is 73.4 Å². The van der Waals surface area contributed by atoms with Crippen molar-refractivity contribution < 1.29 is 28.6 Å². The van der Waals surface area contributed by atoms with Crippen LogP contribution in [0.3, 0.4) is 0 Å². The topological polar surface area (TPSA) is 51.8 Å². The molecule has 42 heavy (non-hydrogen) atoms. The number of aryl methyl sites for hydroxylation is 3. The number of hydrogen-bond acceptors (Lipinski definition) is 4. The van der Waals surface area contributed by atoms with Crippen LogP contribution in [-0.4, -0.2) is 15.0 Å². The molecule has 209 valence electrons. The Balaban J connectivity index is 0.000000202. The average Bonchev–Trinajstić information content (AvgIpc) is 3.40. The molecule has 0 amide bonds. The molecule has 3 aromatic carbocycles. The van der Waals surface area contributed by atoms with Gasteiger partial charge in [0.15, 0.2) is 0 Å². The second-order valence-corrected chi connectivity index (χ2v) is 9.92. The molecule has 4 aromatic heterocycles. The Hall–Kier alpha value is -4.44. The van der Waals surface area contributed by atoms with Crippen molar-refractivity contribution in [1.82, 2.24) is 15.0 Å². The van der Waals surface area contributed by atoms with E-state index in [4.69, 9.17) is 8.53 Å². The fourth-order valence-corrected chi connectivity index (χ4v) is 4.67. The van der Waals surface area contributed by atoms with Crippen LogP contribution >= 0.6 is 0 Å². The molecule has 1 radical (unpaired) electrons. The van der Waals surface area contributed by atoms with E-state index in [9.17, 15) is 0 Å². The first kappa shape index (κ1) is 25.3. The molecule has 0 saturated heterocycles. The maximum absolute atomic E-state index is 7.23. The molecule has 0 saturated carbocycles. The van der Waals surface area contributed by atoms with E-state index in [2.05, 4.69) is 76.5 Å². The number of pyridine rings is 3. The SMILES string of the molecule is Cc1ccc(Cc2ccnc(-c3[c-]ccc4c3oc3nc(C)ccc34)c2)cc1.[2H]C([2H])([2H])c1ccc(-c2[c-]cccc2)nc1.[Ir]. The number of benzene rings is 3. The Morgan fingerprint density at radius 3 is 2.38 bits per heavy atom. The standard InChI is InChI=1S/C25H19N2O.C12H10N.Ir/c1-16-6-9-18(10-7-16)14-19-12-13-26-23(15-19)22-5-3-4-20-21-11-8-17(2)27-25(21)28-24(20)22;1-10-7-8-12(13-9-10)11-5-3-2-4-6-11;/h3-4,6-13,15H,14H2,1-2H3;2-5,7-9H,1H3;/q2*-1;/i;1D3;. The molecule has 4 nitrogen and oxygen atoms in total. The molecule has 7 aromatic rings. The van der Waals surface area contributed by atoms with Crippen LogP contribution in [0.4, 0.5) is 0 Å². The van der Waals surface area contributed by atoms with Crippen LogP contribution in [0.25, 0.3) is 44.6 Å². The molecular weight excluding hydrogens is 695 g/mol. The van der Waals surface area contributed by atoms with Crippen molar-refractivity contribution in [3.8, 4) is 22.5 Å². The average molecular weight is 727 g/mol. The Labute approximate surface area is 264 Å². The summed E-state index contributed by atoms with van der Waals surface area (Å²) in [5, 5.41) is 2.06. The molecule has 0 aliphatic heterocycles. The third-order valence-corrected chi connectivity index (χ3v) is 6.80. The van der Waals surface area contributed by atoms with Gasteiger partial charge in [-0.1, -0.05) is 59.0 Å². The van der Waals surface area contributed by atoms with Gasteiger partial charge in [0.2, 0.25) is 5.71 Å². The summed E-state index contributed by atoms with van der Waals surface area (Å²) in [6.45, 7) is 1.98. The second-order valence-electron chi connectivity index (χ2n) is 9.92. The minimum absolute atomic E-state index is 0. The summed E-state index contributed by atoms with van der Waals surface area (Å²) in [6, 6.07) is 38.0. The van der Waals surface area contributed by atoms with Gasteiger partial charge < -0.3 is 14.4 Å². The fraction of sp³-hybridized carbons (Fsp3) is 0.108. The summed E-state index contributed by atoms with van der Waals surface area (Å²) >= 11 is 0. The summed E-state index contributed by atoms with van der Waals surface area (Å²) in [7, 11) is 0. The smallest absolute Gasteiger partial charge is 0.216 e. The molecule has 0 aliphatic carbocycles. The van der Waals surface area contributed by atoms with E-state index in [0.29, 0.717) is 5.71 Å². The number of rotatable bonds is 4. The Morgan fingerprint density at radius 2 is 1.62 bits per heavy atom. The van der Waals surface area contributed by atoms with Gasteiger partial charge in [0, 0.05) is 47.7 Å². The number of hydrogen-bond donors (Lipinski definition) is 0. The quantitative estimate of drug-likeness (QED) is 0.170. The van der Waals surface area contributed by atoms with E-state index in [1.807, 2.05) is 49.5 Å². The molecule has 0 N–H and O–H groups in total. The van der Waals surface area contributed by atoms with E-state index in [0.717, 1.165) is 51.0 Å². The van der Waals surface area contributed by atoms with E-state index >= 15 is 0 Å². The number of fused-ring (bicyclic) bond motifs is 3. The van der Waals surface area contributed by atoms with Crippen molar-refractivity contribution in [3.05, 3.63) is 150 Å². The number of nitrogens with zero attached hydrogens (tertiary/aromatic N) is 3. The van der Waals surface area contributed by atoms with E-state index in [-0.39, 0.29) is 25.7 Å². The molecule has 0 spiro atoms. The van der Waals surface area contributed by atoms with Crippen molar-refractivity contribution in [2.24, 2.45) is 0 Å². The van der Waals surface area contributed by atoms with Crippen molar-refractivity contribution in [2.75, 3.05) is 0 Å². The summed E-state index contributed by atoms with van der Waals surface area (Å²) in [6.07, 6.45) is 4.12. The van der Waals surface area contributed by atoms with Gasteiger partial charge >= 0.3 is 0 Å². The van der Waals surface area contributed by atoms with Gasteiger partial charge in [0.25, 0.3) is 0 Å². The Kier molecular flexibility index (Phi) is 7.85. The molecule has 5 heteroatoms. The van der Waals surface area contributed by atoms with Crippen molar-refractivity contribution in [3.63, 3.8) is 0 Å². The van der Waals surface area contributed by atoms with Crippen molar-refractivity contribution in [2.45, 2.75) is 27.1 Å². The first-order chi connectivity index (χ1) is 21.2. The van der Waals surface area contributed by atoms with Gasteiger partial charge in [0.1, 0.15) is 0 Å². The maximum Gasteiger partial charge on any atom is 0.216 e.